The van der Waals surface area contributed by atoms with Gasteiger partial charge in [0.05, 0.1) is 7.11 Å². The Morgan fingerprint density at radius 3 is 2.20 bits per heavy atom. The first kappa shape index (κ1) is 15.5. The van der Waals surface area contributed by atoms with Crippen LogP contribution in [0.5, 0.6) is 5.75 Å². The molecule has 0 aliphatic rings. The van der Waals surface area contributed by atoms with Crippen molar-refractivity contribution in [3.8, 4) is 5.75 Å². The Morgan fingerprint density at radius 2 is 1.65 bits per heavy atom. The first-order valence-corrected chi connectivity index (χ1v) is 7.80. The molecule has 0 spiro atoms. The van der Waals surface area contributed by atoms with Gasteiger partial charge in [-0.25, -0.2) is 0 Å². The van der Waals surface area contributed by atoms with E-state index in [2.05, 4.69) is 31.9 Å². The molecule has 0 amide bonds. The van der Waals surface area contributed by atoms with Gasteiger partial charge in [-0.15, -0.1) is 0 Å². The molecule has 4 heteroatoms. The molecule has 2 nitrogen and oxygen atoms in total. The number of rotatable bonds is 3. The van der Waals surface area contributed by atoms with Crippen molar-refractivity contribution in [2.24, 2.45) is 0 Å². The summed E-state index contributed by atoms with van der Waals surface area (Å²) in [5.41, 5.74) is 3.79. The highest BCUT2D eigenvalue weighted by Crippen LogP contribution is 2.35. The predicted octanol–water partition coefficient (Wildman–Crippen LogP) is 4.92. The summed E-state index contributed by atoms with van der Waals surface area (Å²) in [4.78, 5) is 0. The minimum Gasteiger partial charge on any atom is -0.496 e. The van der Waals surface area contributed by atoms with Crippen LogP contribution < -0.4 is 4.74 Å². The molecule has 1 unspecified atom stereocenters. The molecule has 106 valence electrons. The number of halogens is 2. The maximum atomic E-state index is 10.6. The van der Waals surface area contributed by atoms with Crippen molar-refractivity contribution >= 4 is 31.9 Å². The Hall–Kier alpha value is -0.840. The molecule has 2 rings (SSSR count). The zero-order chi connectivity index (χ0) is 14.9. The molecular formula is C16H16Br2O2. The van der Waals surface area contributed by atoms with E-state index in [4.69, 9.17) is 4.74 Å². The first-order chi connectivity index (χ1) is 9.43. The minimum atomic E-state index is -0.724. The molecule has 0 bridgehead atoms. The lowest BCUT2D eigenvalue weighted by atomic mass is 9.96. The van der Waals surface area contributed by atoms with Crippen molar-refractivity contribution in [2.75, 3.05) is 7.11 Å². The highest BCUT2D eigenvalue weighted by atomic mass is 79.9. The highest BCUT2D eigenvalue weighted by Gasteiger charge is 2.18. The van der Waals surface area contributed by atoms with Gasteiger partial charge in [0.25, 0.3) is 0 Å². The number of benzene rings is 2. The molecule has 1 N–H and O–H groups in total. The van der Waals surface area contributed by atoms with E-state index < -0.39 is 6.10 Å². The topological polar surface area (TPSA) is 29.5 Å². The number of ether oxygens (including phenoxy) is 1. The smallest absolute Gasteiger partial charge is 0.128 e. The standard InChI is InChI=1S/C16H16Br2O2/c1-9-4-5-14(16(20-3)10(9)2)15(19)11-6-12(17)8-13(18)7-11/h4-8,15,19H,1-3H3. The largest absolute Gasteiger partial charge is 0.496 e. The summed E-state index contributed by atoms with van der Waals surface area (Å²) >= 11 is 6.89. The SMILES string of the molecule is COc1c(C(O)c2cc(Br)cc(Br)c2)ccc(C)c1C. The third-order valence-electron chi connectivity index (χ3n) is 3.41. The summed E-state index contributed by atoms with van der Waals surface area (Å²) in [7, 11) is 1.63. The van der Waals surface area contributed by atoms with Crippen molar-refractivity contribution < 1.29 is 9.84 Å². The number of aliphatic hydroxyl groups is 1. The number of hydrogen-bond donors (Lipinski definition) is 1. The van der Waals surface area contributed by atoms with Crippen molar-refractivity contribution in [3.63, 3.8) is 0 Å². The Labute approximate surface area is 136 Å². The second-order valence-corrected chi connectivity index (χ2v) is 6.57. The zero-order valence-corrected chi connectivity index (χ0v) is 14.7. The molecule has 20 heavy (non-hydrogen) atoms. The third-order valence-corrected chi connectivity index (χ3v) is 4.32. The maximum absolute atomic E-state index is 10.6. The Balaban J connectivity index is 2.53. The van der Waals surface area contributed by atoms with E-state index in [0.29, 0.717) is 0 Å². The van der Waals surface area contributed by atoms with Crippen LogP contribution in [0, 0.1) is 13.8 Å². The van der Waals surface area contributed by atoms with Gasteiger partial charge in [0.2, 0.25) is 0 Å². The van der Waals surface area contributed by atoms with E-state index in [1.807, 2.05) is 44.2 Å². The molecule has 0 aromatic heterocycles. The summed E-state index contributed by atoms with van der Waals surface area (Å²) < 4.78 is 7.32. The quantitative estimate of drug-likeness (QED) is 0.793. The van der Waals surface area contributed by atoms with Gasteiger partial charge in [0, 0.05) is 14.5 Å². The van der Waals surface area contributed by atoms with Crippen LogP contribution in [0.4, 0.5) is 0 Å². The lowest BCUT2D eigenvalue weighted by Crippen LogP contribution is -2.04. The third kappa shape index (κ3) is 3.08. The molecule has 0 saturated carbocycles. The van der Waals surface area contributed by atoms with Gasteiger partial charge in [0.15, 0.2) is 0 Å². The predicted molar refractivity (Wildman–Crippen MR) is 88.4 cm³/mol. The fourth-order valence-corrected chi connectivity index (χ4v) is 3.54. The van der Waals surface area contributed by atoms with Crippen LogP contribution in [-0.2, 0) is 0 Å². The summed E-state index contributed by atoms with van der Waals surface area (Å²) in [6.07, 6.45) is -0.724. The molecule has 0 saturated heterocycles. The van der Waals surface area contributed by atoms with Crippen LogP contribution >= 0.6 is 31.9 Å². The molecule has 1 atom stereocenters. The minimum absolute atomic E-state index is 0.724. The Bertz CT molecular complexity index is 618. The fourth-order valence-electron chi connectivity index (χ4n) is 2.21. The average Bonchev–Trinajstić information content (AvgIpc) is 2.39. The molecule has 2 aromatic carbocycles. The van der Waals surface area contributed by atoms with E-state index in [9.17, 15) is 5.11 Å². The highest BCUT2D eigenvalue weighted by molar-refractivity contribution is 9.11. The summed E-state index contributed by atoms with van der Waals surface area (Å²) in [6.45, 7) is 4.03. The van der Waals surface area contributed by atoms with E-state index in [-0.39, 0.29) is 0 Å². The van der Waals surface area contributed by atoms with Crippen molar-refractivity contribution in [1.29, 1.82) is 0 Å². The van der Waals surface area contributed by atoms with Crippen LogP contribution in [0.1, 0.15) is 28.4 Å². The summed E-state index contributed by atoms with van der Waals surface area (Å²) in [6, 6.07) is 9.67. The van der Waals surface area contributed by atoms with Gasteiger partial charge >= 0.3 is 0 Å². The van der Waals surface area contributed by atoms with Crippen LogP contribution in [0.3, 0.4) is 0 Å². The summed E-state index contributed by atoms with van der Waals surface area (Å²) in [5, 5.41) is 10.6. The van der Waals surface area contributed by atoms with E-state index in [1.54, 1.807) is 7.11 Å². The second-order valence-electron chi connectivity index (χ2n) is 4.74. The lowest BCUT2D eigenvalue weighted by Gasteiger charge is -2.18. The molecule has 0 aliphatic carbocycles. The Morgan fingerprint density at radius 1 is 1.05 bits per heavy atom. The van der Waals surface area contributed by atoms with Gasteiger partial charge in [-0.2, -0.15) is 0 Å². The normalized spacial score (nSPS) is 12.3. The van der Waals surface area contributed by atoms with Gasteiger partial charge in [0.1, 0.15) is 11.9 Å². The second kappa shape index (κ2) is 6.29. The van der Waals surface area contributed by atoms with E-state index in [1.165, 1.54) is 0 Å². The van der Waals surface area contributed by atoms with Crippen molar-refractivity contribution in [1.82, 2.24) is 0 Å². The van der Waals surface area contributed by atoms with Crippen LogP contribution in [0.2, 0.25) is 0 Å². The number of aryl methyl sites for hydroxylation is 1. The maximum Gasteiger partial charge on any atom is 0.128 e. The van der Waals surface area contributed by atoms with Crippen molar-refractivity contribution in [2.45, 2.75) is 20.0 Å². The zero-order valence-electron chi connectivity index (χ0n) is 11.6. The van der Waals surface area contributed by atoms with E-state index in [0.717, 1.165) is 36.9 Å². The number of methoxy groups -OCH3 is 1. The van der Waals surface area contributed by atoms with Crippen LogP contribution in [-0.4, -0.2) is 12.2 Å². The first-order valence-electron chi connectivity index (χ1n) is 6.22. The fraction of sp³-hybridized carbons (Fsp3) is 0.250. The van der Waals surface area contributed by atoms with Gasteiger partial charge in [-0.05, 0) is 48.7 Å². The van der Waals surface area contributed by atoms with Gasteiger partial charge in [-0.1, -0.05) is 44.0 Å². The van der Waals surface area contributed by atoms with E-state index >= 15 is 0 Å². The van der Waals surface area contributed by atoms with Crippen molar-refractivity contribution in [3.05, 3.63) is 61.5 Å². The number of hydrogen-bond acceptors (Lipinski definition) is 2. The monoisotopic (exact) mass is 398 g/mol. The molecule has 0 aliphatic heterocycles. The van der Waals surface area contributed by atoms with Crippen LogP contribution in [0.25, 0.3) is 0 Å². The average molecular weight is 400 g/mol. The molecule has 2 aromatic rings. The number of aliphatic hydroxyl groups excluding tert-OH is 1. The molecular weight excluding hydrogens is 384 g/mol. The van der Waals surface area contributed by atoms with Crippen LogP contribution in [0.15, 0.2) is 39.3 Å². The molecule has 0 heterocycles. The lowest BCUT2D eigenvalue weighted by molar-refractivity contribution is 0.214. The van der Waals surface area contributed by atoms with Gasteiger partial charge in [-0.3, -0.25) is 0 Å². The molecule has 0 fully saturated rings. The molecule has 0 radical (unpaired) electrons. The summed E-state index contributed by atoms with van der Waals surface area (Å²) in [5.74, 6) is 0.744. The van der Waals surface area contributed by atoms with Gasteiger partial charge < -0.3 is 9.84 Å². The Kier molecular flexibility index (Phi) is 4.89.